The number of rotatable bonds is 1. The fourth-order valence-electron chi connectivity index (χ4n) is 2.32. The molecule has 2 amide bonds. The van der Waals surface area contributed by atoms with Crippen LogP contribution in [0.5, 0.6) is 0 Å². The number of aromatic nitrogens is 1. The summed E-state index contributed by atoms with van der Waals surface area (Å²) in [6, 6.07) is 9.63. The Morgan fingerprint density at radius 2 is 1.89 bits per heavy atom. The molecule has 19 heavy (non-hydrogen) atoms. The van der Waals surface area contributed by atoms with E-state index in [4.69, 9.17) is 0 Å². The van der Waals surface area contributed by atoms with Crippen molar-refractivity contribution >= 4 is 22.7 Å². The third kappa shape index (κ3) is 2.52. The molecule has 0 bridgehead atoms. The second kappa shape index (κ2) is 5.69. The fourth-order valence-corrected chi connectivity index (χ4v) is 2.32. The van der Waals surface area contributed by atoms with Crippen molar-refractivity contribution < 1.29 is 9.59 Å². The van der Waals surface area contributed by atoms with Crippen LogP contribution in [0, 0.1) is 0 Å². The van der Waals surface area contributed by atoms with Gasteiger partial charge in [0.15, 0.2) is 0 Å². The van der Waals surface area contributed by atoms with Crippen LogP contribution in [0.2, 0.25) is 0 Å². The summed E-state index contributed by atoms with van der Waals surface area (Å²) in [5, 5.41) is 3.49. The molecule has 1 aliphatic heterocycles. The topological polar surface area (TPSA) is 51.1 Å². The first-order chi connectivity index (χ1) is 9.25. The maximum atomic E-state index is 11.8. The second-order valence-corrected chi connectivity index (χ2v) is 4.25. The predicted octanol–water partition coefficient (Wildman–Crippen LogP) is 2.65. The molecule has 1 aromatic heterocycles. The Bertz CT molecular complexity index is 601. The average molecular weight is 258 g/mol. The van der Waals surface area contributed by atoms with E-state index in [1.165, 1.54) is 0 Å². The molecule has 2 heterocycles. The van der Waals surface area contributed by atoms with Crippen molar-refractivity contribution in [2.45, 2.75) is 32.7 Å². The van der Waals surface area contributed by atoms with Crippen LogP contribution in [0.25, 0.3) is 10.9 Å². The fraction of sp³-hybridized carbons (Fsp3) is 0.333. The Hall–Kier alpha value is -2.10. The van der Waals surface area contributed by atoms with Gasteiger partial charge >= 0.3 is 0 Å². The van der Waals surface area contributed by atoms with Crippen LogP contribution in [-0.2, 0) is 9.59 Å². The van der Waals surface area contributed by atoms with Crippen LogP contribution in [0.3, 0.4) is 0 Å². The Kier molecular flexibility index (Phi) is 4.00. The second-order valence-electron chi connectivity index (χ2n) is 4.25. The van der Waals surface area contributed by atoms with Gasteiger partial charge in [-0.25, -0.2) is 0 Å². The van der Waals surface area contributed by atoms with Crippen molar-refractivity contribution in [1.29, 1.82) is 0 Å². The van der Waals surface area contributed by atoms with Crippen LogP contribution in [-0.4, -0.2) is 16.4 Å². The highest BCUT2D eigenvalue weighted by atomic mass is 16.2. The molecule has 4 heteroatoms. The molecular formula is C15H18N2O2. The number of nitrogens with zero attached hydrogens (tertiary/aromatic N) is 1. The Balaban J connectivity index is 0.000000637. The summed E-state index contributed by atoms with van der Waals surface area (Å²) < 4.78 is 1.94. The maximum absolute atomic E-state index is 11.8. The largest absolute Gasteiger partial charge is 0.335 e. The number of hydrogen-bond acceptors (Lipinski definition) is 2. The summed E-state index contributed by atoms with van der Waals surface area (Å²) >= 11 is 0. The van der Waals surface area contributed by atoms with Gasteiger partial charge in [0.25, 0.3) is 0 Å². The molecule has 0 radical (unpaired) electrons. The van der Waals surface area contributed by atoms with Gasteiger partial charge in [0.1, 0.15) is 6.04 Å². The zero-order valence-corrected chi connectivity index (χ0v) is 11.2. The van der Waals surface area contributed by atoms with Gasteiger partial charge in [-0.05, 0) is 23.9 Å². The van der Waals surface area contributed by atoms with E-state index in [1.54, 1.807) is 0 Å². The van der Waals surface area contributed by atoms with E-state index in [0.717, 1.165) is 10.9 Å². The summed E-state index contributed by atoms with van der Waals surface area (Å²) in [7, 11) is 0. The van der Waals surface area contributed by atoms with Crippen LogP contribution in [0.4, 0.5) is 0 Å². The van der Waals surface area contributed by atoms with E-state index < -0.39 is 0 Å². The summed E-state index contributed by atoms with van der Waals surface area (Å²) in [5.41, 5.74) is 1.03. The number of carbonyl (C=O) groups is 2. The zero-order chi connectivity index (χ0) is 13.8. The lowest BCUT2D eigenvalue weighted by molar-refractivity contribution is -0.135. The highest BCUT2D eigenvalue weighted by molar-refractivity contribution is 6.00. The van der Waals surface area contributed by atoms with Crippen molar-refractivity contribution in [3.8, 4) is 0 Å². The molecule has 1 N–H and O–H groups in total. The number of benzene rings is 1. The van der Waals surface area contributed by atoms with Gasteiger partial charge in [-0.3, -0.25) is 14.9 Å². The molecule has 1 saturated heterocycles. The minimum absolute atomic E-state index is 0.178. The molecule has 100 valence electrons. The third-order valence-electron chi connectivity index (χ3n) is 3.18. The summed E-state index contributed by atoms with van der Waals surface area (Å²) in [6.07, 6.45) is 2.89. The van der Waals surface area contributed by atoms with Gasteiger partial charge in [-0.2, -0.15) is 0 Å². The number of amides is 2. The molecular weight excluding hydrogens is 240 g/mol. The predicted molar refractivity (Wildman–Crippen MR) is 74.7 cm³/mol. The molecule has 4 nitrogen and oxygen atoms in total. The normalized spacial score (nSPS) is 18.7. The van der Waals surface area contributed by atoms with E-state index in [-0.39, 0.29) is 17.9 Å². The molecule has 0 spiro atoms. The number of piperidine rings is 1. The Morgan fingerprint density at radius 1 is 1.16 bits per heavy atom. The van der Waals surface area contributed by atoms with E-state index in [0.29, 0.717) is 12.8 Å². The molecule has 1 atom stereocenters. The van der Waals surface area contributed by atoms with Crippen LogP contribution < -0.4 is 5.32 Å². The molecule has 1 unspecified atom stereocenters. The minimum Gasteiger partial charge on any atom is -0.335 e. The number of imide groups is 1. The van der Waals surface area contributed by atoms with Crippen molar-refractivity contribution in [2.24, 2.45) is 0 Å². The highest BCUT2D eigenvalue weighted by Gasteiger charge is 2.28. The first-order valence-electron chi connectivity index (χ1n) is 6.65. The smallest absolute Gasteiger partial charge is 0.249 e. The molecule has 2 aromatic rings. The van der Waals surface area contributed by atoms with Gasteiger partial charge in [-0.15, -0.1) is 0 Å². The van der Waals surface area contributed by atoms with Gasteiger partial charge in [0, 0.05) is 18.1 Å². The van der Waals surface area contributed by atoms with Crippen molar-refractivity contribution in [3.63, 3.8) is 0 Å². The number of nitrogens with one attached hydrogen (secondary N) is 1. The molecule has 1 aliphatic rings. The van der Waals surface area contributed by atoms with Crippen molar-refractivity contribution in [2.75, 3.05) is 0 Å². The molecule has 1 aromatic carbocycles. The standard InChI is InChI=1S/C13H12N2O2.C2H6/c16-12-6-5-11(13(17)14-12)15-8-7-9-3-1-2-4-10(9)15;1-2/h1-4,7-8,11H,5-6H2,(H,14,16,17);1-2H3. The minimum atomic E-state index is -0.271. The lowest BCUT2D eigenvalue weighted by Gasteiger charge is -2.23. The van der Waals surface area contributed by atoms with Crippen molar-refractivity contribution in [3.05, 3.63) is 36.5 Å². The van der Waals surface area contributed by atoms with Crippen LogP contribution >= 0.6 is 0 Å². The lowest BCUT2D eigenvalue weighted by atomic mass is 10.1. The maximum Gasteiger partial charge on any atom is 0.249 e. The van der Waals surface area contributed by atoms with Crippen LogP contribution in [0.1, 0.15) is 32.7 Å². The zero-order valence-electron chi connectivity index (χ0n) is 11.2. The van der Waals surface area contributed by atoms with Gasteiger partial charge in [0.05, 0.1) is 0 Å². The quantitative estimate of drug-likeness (QED) is 0.799. The molecule has 0 aliphatic carbocycles. The Morgan fingerprint density at radius 3 is 2.63 bits per heavy atom. The first-order valence-corrected chi connectivity index (χ1v) is 6.65. The van der Waals surface area contributed by atoms with E-state index in [1.807, 2.05) is 54.9 Å². The molecule has 1 fully saturated rings. The van der Waals surface area contributed by atoms with E-state index >= 15 is 0 Å². The summed E-state index contributed by atoms with van der Waals surface area (Å²) in [6.45, 7) is 4.00. The van der Waals surface area contributed by atoms with Gasteiger partial charge in [0.2, 0.25) is 11.8 Å². The summed E-state index contributed by atoms with van der Waals surface area (Å²) in [4.78, 5) is 22.9. The number of carbonyl (C=O) groups excluding carboxylic acids is 2. The SMILES string of the molecule is CC.O=C1CCC(n2ccc3ccccc32)C(=O)N1. The van der Waals surface area contributed by atoms with E-state index in [9.17, 15) is 9.59 Å². The highest BCUT2D eigenvalue weighted by Crippen LogP contribution is 2.25. The van der Waals surface area contributed by atoms with E-state index in [2.05, 4.69) is 5.32 Å². The lowest BCUT2D eigenvalue weighted by Crippen LogP contribution is -2.41. The third-order valence-corrected chi connectivity index (χ3v) is 3.18. The number of hydrogen-bond donors (Lipinski definition) is 1. The number of fused-ring (bicyclic) bond motifs is 1. The Labute approximate surface area is 112 Å². The van der Waals surface area contributed by atoms with Gasteiger partial charge in [-0.1, -0.05) is 32.0 Å². The van der Waals surface area contributed by atoms with Crippen LogP contribution in [0.15, 0.2) is 36.5 Å². The monoisotopic (exact) mass is 258 g/mol. The molecule has 0 saturated carbocycles. The number of para-hydroxylation sites is 1. The van der Waals surface area contributed by atoms with Gasteiger partial charge < -0.3 is 4.57 Å². The molecule has 3 rings (SSSR count). The first kappa shape index (κ1) is 13.3. The average Bonchev–Trinajstić information content (AvgIpc) is 2.85. The summed E-state index contributed by atoms with van der Waals surface area (Å²) in [5.74, 6) is -0.384. The van der Waals surface area contributed by atoms with Crippen molar-refractivity contribution in [1.82, 2.24) is 9.88 Å².